The van der Waals surface area contributed by atoms with Gasteiger partial charge >= 0.3 is 5.97 Å². The highest BCUT2D eigenvalue weighted by Gasteiger charge is 2.20. The minimum atomic E-state index is -0.683. The van der Waals surface area contributed by atoms with Crippen LogP contribution in [0.1, 0.15) is 21.0 Å². The van der Waals surface area contributed by atoms with E-state index in [1.54, 1.807) is 22.9 Å². The molecular formula is C17H14FN3O3S. The third-order valence-corrected chi connectivity index (χ3v) is 4.09. The van der Waals surface area contributed by atoms with E-state index in [4.69, 9.17) is 4.74 Å². The van der Waals surface area contributed by atoms with Gasteiger partial charge in [-0.3, -0.25) is 9.36 Å². The Bertz CT molecular complexity index is 889. The van der Waals surface area contributed by atoms with Crippen LogP contribution in [0.2, 0.25) is 0 Å². The van der Waals surface area contributed by atoms with Crippen LogP contribution in [-0.4, -0.2) is 39.2 Å². The molecule has 8 heteroatoms. The molecule has 0 saturated carbocycles. The molecule has 1 aromatic carbocycles. The van der Waals surface area contributed by atoms with Crippen LogP contribution in [0, 0.1) is 5.82 Å². The molecule has 6 nitrogen and oxygen atoms in total. The Morgan fingerprint density at radius 1 is 1.28 bits per heavy atom. The number of hydrogen-bond donors (Lipinski definition) is 1. The number of H-pyrrole nitrogens is 1. The molecule has 3 rings (SSSR count). The molecule has 25 heavy (non-hydrogen) atoms. The summed E-state index contributed by atoms with van der Waals surface area (Å²) in [6, 6.07) is 8.95. The van der Waals surface area contributed by atoms with Crippen LogP contribution >= 0.6 is 11.8 Å². The normalized spacial score (nSPS) is 10.6. The zero-order valence-corrected chi connectivity index (χ0v) is 14.0. The molecular weight excluding hydrogens is 345 g/mol. The number of Topliss-reactive ketones (excluding diaryl/α,β-unsaturated/α-hetero) is 1. The smallest absolute Gasteiger partial charge is 0.357 e. The fraction of sp³-hybridized carbons (Fsp3) is 0.118. The summed E-state index contributed by atoms with van der Waals surface area (Å²) in [7, 11) is 0. The third-order valence-electron chi connectivity index (χ3n) is 3.44. The van der Waals surface area contributed by atoms with Crippen LogP contribution in [0.5, 0.6) is 0 Å². The van der Waals surface area contributed by atoms with Crippen molar-refractivity contribution < 1.29 is 18.7 Å². The number of ketones is 1. The first kappa shape index (κ1) is 17.0. The Hall–Kier alpha value is -2.87. The predicted octanol–water partition coefficient (Wildman–Crippen LogP) is 3.10. The number of benzene rings is 1. The van der Waals surface area contributed by atoms with Gasteiger partial charge in [0.05, 0.1) is 11.9 Å². The maximum absolute atomic E-state index is 13.2. The Labute approximate surface area is 147 Å². The SMILES string of the molecule is CSc1ncc(C(=O)OCC(=O)c2ccc[nH]2)n1-c1ccc(F)cc1. The van der Waals surface area contributed by atoms with Crippen molar-refractivity contribution in [1.29, 1.82) is 0 Å². The van der Waals surface area contributed by atoms with Gasteiger partial charge in [0, 0.05) is 11.9 Å². The maximum Gasteiger partial charge on any atom is 0.357 e. The van der Waals surface area contributed by atoms with Crippen LogP contribution in [0.25, 0.3) is 5.69 Å². The van der Waals surface area contributed by atoms with E-state index in [-0.39, 0.29) is 23.9 Å². The van der Waals surface area contributed by atoms with E-state index >= 15 is 0 Å². The van der Waals surface area contributed by atoms with Crippen LogP contribution in [0.15, 0.2) is 53.9 Å². The van der Waals surface area contributed by atoms with Crippen LogP contribution in [-0.2, 0) is 4.74 Å². The highest BCUT2D eigenvalue weighted by atomic mass is 32.2. The standard InChI is InChI=1S/C17H14FN3O3S/c1-25-17-20-9-14(21(17)12-6-4-11(18)5-7-12)16(23)24-10-15(22)13-3-2-8-19-13/h2-9,19H,10H2,1H3. The molecule has 0 aliphatic heterocycles. The summed E-state index contributed by atoms with van der Waals surface area (Å²) in [5.41, 5.74) is 1.10. The van der Waals surface area contributed by atoms with E-state index in [1.807, 2.05) is 6.26 Å². The number of thioether (sulfide) groups is 1. The Balaban J connectivity index is 1.82. The fourth-order valence-electron chi connectivity index (χ4n) is 2.25. The number of ether oxygens (including phenoxy) is 1. The number of aromatic nitrogens is 3. The summed E-state index contributed by atoms with van der Waals surface area (Å²) in [6.45, 7) is -0.386. The number of hydrogen-bond acceptors (Lipinski definition) is 5. The quantitative estimate of drug-likeness (QED) is 0.416. The van der Waals surface area contributed by atoms with Crippen molar-refractivity contribution in [1.82, 2.24) is 14.5 Å². The van der Waals surface area contributed by atoms with E-state index in [1.165, 1.54) is 42.2 Å². The molecule has 128 valence electrons. The van der Waals surface area contributed by atoms with E-state index < -0.39 is 5.97 Å². The Morgan fingerprint density at radius 3 is 2.68 bits per heavy atom. The van der Waals surface area contributed by atoms with E-state index in [0.29, 0.717) is 16.5 Å². The number of carbonyl (C=O) groups excluding carboxylic acids is 2. The highest BCUT2D eigenvalue weighted by molar-refractivity contribution is 7.98. The number of nitrogens with zero attached hydrogens (tertiary/aromatic N) is 2. The number of nitrogens with one attached hydrogen (secondary N) is 1. The average Bonchev–Trinajstić information content (AvgIpc) is 3.29. The van der Waals surface area contributed by atoms with Crippen LogP contribution < -0.4 is 0 Å². The highest BCUT2D eigenvalue weighted by Crippen LogP contribution is 2.22. The second-order valence-corrected chi connectivity index (χ2v) is 5.80. The largest absolute Gasteiger partial charge is 0.452 e. The first-order valence-electron chi connectivity index (χ1n) is 7.31. The van der Waals surface area contributed by atoms with Gasteiger partial charge in [0.1, 0.15) is 5.82 Å². The summed E-state index contributed by atoms with van der Waals surface area (Å²) in [5.74, 6) is -1.40. The molecule has 2 aromatic heterocycles. The first-order chi connectivity index (χ1) is 12.1. The molecule has 0 radical (unpaired) electrons. The number of carbonyl (C=O) groups is 2. The number of aromatic amines is 1. The first-order valence-corrected chi connectivity index (χ1v) is 8.54. The second kappa shape index (κ2) is 7.35. The van der Waals surface area contributed by atoms with E-state index in [0.717, 1.165) is 0 Å². The fourth-order valence-corrected chi connectivity index (χ4v) is 2.79. The third kappa shape index (κ3) is 3.63. The van der Waals surface area contributed by atoms with Crippen molar-refractivity contribution >= 4 is 23.5 Å². The van der Waals surface area contributed by atoms with Crippen LogP contribution in [0.4, 0.5) is 4.39 Å². The van der Waals surface area contributed by atoms with Crippen LogP contribution in [0.3, 0.4) is 0 Å². The second-order valence-electron chi connectivity index (χ2n) is 5.03. The minimum absolute atomic E-state index is 0.162. The molecule has 0 spiro atoms. The number of esters is 1. The van der Waals surface area contributed by atoms with E-state index in [2.05, 4.69) is 9.97 Å². The molecule has 0 saturated heterocycles. The summed E-state index contributed by atoms with van der Waals surface area (Å²) in [5, 5.41) is 0.550. The van der Waals surface area contributed by atoms with Gasteiger partial charge < -0.3 is 9.72 Å². The molecule has 3 aromatic rings. The molecule has 0 aliphatic rings. The lowest BCUT2D eigenvalue weighted by atomic mass is 10.3. The number of halogens is 1. The van der Waals surface area contributed by atoms with Gasteiger partial charge in [-0.1, -0.05) is 11.8 Å². The molecule has 0 unspecified atom stereocenters. The molecule has 0 amide bonds. The van der Waals surface area contributed by atoms with Crippen molar-refractivity contribution in [3.63, 3.8) is 0 Å². The molecule has 0 bridgehead atoms. The molecule has 0 aliphatic carbocycles. The molecule has 0 fully saturated rings. The topological polar surface area (TPSA) is 77.0 Å². The average molecular weight is 359 g/mol. The van der Waals surface area contributed by atoms with Crippen molar-refractivity contribution in [3.8, 4) is 5.69 Å². The Morgan fingerprint density at radius 2 is 2.04 bits per heavy atom. The lowest BCUT2D eigenvalue weighted by Crippen LogP contribution is -2.17. The van der Waals surface area contributed by atoms with Gasteiger partial charge in [-0.2, -0.15) is 0 Å². The van der Waals surface area contributed by atoms with Gasteiger partial charge in [-0.25, -0.2) is 14.2 Å². The lowest BCUT2D eigenvalue weighted by Gasteiger charge is -2.10. The maximum atomic E-state index is 13.2. The van der Waals surface area contributed by atoms with Gasteiger partial charge in [0.2, 0.25) is 5.78 Å². The lowest BCUT2D eigenvalue weighted by molar-refractivity contribution is 0.0465. The van der Waals surface area contributed by atoms with Gasteiger partial charge in [0.25, 0.3) is 0 Å². The summed E-state index contributed by atoms with van der Waals surface area (Å²) >= 11 is 1.33. The monoisotopic (exact) mass is 359 g/mol. The van der Waals surface area contributed by atoms with Crippen molar-refractivity contribution in [2.75, 3.05) is 12.9 Å². The van der Waals surface area contributed by atoms with Gasteiger partial charge in [0.15, 0.2) is 17.5 Å². The number of imidazole rings is 1. The summed E-state index contributed by atoms with van der Waals surface area (Å²) in [6.07, 6.45) is 4.80. The van der Waals surface area contributed by atoms with Crippen molar-refractivity contribution in [3.05, 3.63) is 66.0 Å². The Kier molecular flexibility index (Phi) is 4.99. The zero-order chi connectivity index (χ0) is 17.8. The van der Waals surface area contributed by atoms with Crippen molar-refractivity contribution in [2.45, 2.75) is 5.16 Å². The van der Waals surface area contributed by atoms with Crippen molar-refractivity contribution in [2.24, 2.45) is 0 Å². The van der Waals surface area contributed by atoms with Gasteiger partial charge in [-0.15, -0.1) is 0 Å². The molecule has 0 atom stereocenters. The summed E-state index contributed by atoms with van der Waals surface area (Å²) < 4.78 is 19.8. The molecule has 1 N–H and O–H groups in total. The van der Waals surface area contributed by atoms with E-state index in [9.17, 15) is 14.0 Å². The van der Waals surface area contributed by atoms with Gasteiger partial charge in [-0.05, 0) is 42.7 Å². The predicted molar refractivity (Wildman–Crippen MR) is 90.7 cm³/mol. The molecule has 2 heterocycles. The zero-order valence-electron chi connectivity index (χ0n) is 13.2. The minimum Gasteiger partial charge on any atom is -0.452 e. The number of rotatable bonds is 6. The summed E-state index contributed by atoms with van der Waals surface area (Å²) in [4.78, 5) is 31.2.